The van der Waals surface area contributed by atoms with Crippen molar-refractivity contribution in [1.29, 1.82) is 0 Å². The third kappa shape index (κ3) is 3.24. The topological polar surface area (TPSA) is 61.5 Å². The monoisotopic (exact) mass is 223 g/mol. The second-order valence-corrected chi connectivity index (χ2v) is 3.33. The van der Waals surface area contributed by atoms with Crippen LogP contribution in [0.15, 0.2) is 18.2 Å². The SMILES string of the molecule is CCOC(=O)c1cc(OCCN)ccc1C. The van der Waals surface area contributed by atoms with Gasteiger partial charge in [-0.1, -0.05) is 6.07 Å². The summed E-state index contributed by atoms with van der Waals surface area (Å²) in [4.78, 5) is 11.6. The number of aryl methyl sites for hydroxylation is 1. The molecule has 0 bridgehead atoms. The van der Waals surface area contributed by atoms with E-state index in [1.54, 1.807) is 13.0 Å². The first-order chi connectivity index (χ1) is 7.69. The number of nitrogens with two attached hydrogens (primary N) is 1. The van der Waals surface area contributed by atoms with Crippen LogP contribution in [0.1, 0.15) is 22.8 Å². The van der Waals surface area contributed by atoms with Crippen molar-refractivity contribution < 1.29 is 14.3 Å². The molecule has 0 aliphatic heterocycles. The van der Waals surface area contributed by atoms with E-state index < -0.39 is 0 Å². The van der Waals surface area contributed by atoms with Crippen molar-refractivity contribution in [3.05, 3.63) is 29.3 Å². The summed E-state index contributed by atoms with van der Waals surface area (Å²) in [6, 6.07) is 5.33. The molecule has 0 atom stereocenters. The number of carbonyl (C=O) groups excluding carboxylic acids is 1. The van der Waals surface area contributed by atoms with Gasteiger partial charge in [0.05, 0.1) is 12.2 Å². The fraction of sp³-hybridized carbons (Fsp3) is 0.417. The van der Waals surface area contributed by atoms with Gasteiger partial charge in [-0.2, -0.15) is 0 Å². The number of carbonyl (C=O) groups is 1. The molecule has 1 aromatic rings. The van der Waals surface area contributed by atoms with Gasteiger partial charge in [0.1, 0.15) is 12.4 Å². The minimum Gasteiger partial charge on any atom is -0.492 e. The van der Waals surface area contributed by atoms with Crippen LogP contribution in [0.3, 0.4) is 0 Å². The maximum Gasteiger partial charge on any atom is 0.338 e. The van der Waals surface area contributed by atoms with Crippen molar-refractivity contribution >= 4 is 5.97 Å². The second-order valence-electron chi connectivity index (χ2n) is 3.33. The van der Waals surface area contributed by atoms with Gasteiger partial charge >= 0.3 is 5.97 Å². The maximum absolute atomic E-state index is 11.6. The molecule has 0 saturated carbocycles. The molecule has 0 aliphatic carbocycles. The van der Waals surface area contributed by atoms with E-state index in [-0.39, 0.29) is 5.97 Å². The molecule has 2 N–H and O–H groups in total. The van der Waals surface area contributed by atoms with E-state index in [1.165, 1.54) is 0 Å². The molecule has 0 heterocycles. The van der Waals surface area contributed by atoms with E-state index in [0.717, 1.165) is 5.56 Å². The van der Waals surface area contributed by atoms with Crippen molar-refractivity contribution in [2.45, 2.75) is 13.8 Å². The molecule has 0 spiro atoms. The molecule has 88 valence electrons. The van der Waals surface area contributed by atoms with Crippen LogP contribution in [0.4, 0.5) is 0 Å². The van der Waals surface area contributed by atoms with Gasteiger partial charge in [-0.3, -0.25) is 0 Å². The molecule has 0 unspecified atom stereocenters. The quantitative estimate of drug-likeness (QED) is 0.768. The van der Waals surface area contributed by atoms with Gasteiger partial charge in [-0.05, 0) is 31.5 Å². The zero-order valence-electron chi connectivity index (χ0n) is 9.66. The Balaban J connectivity index is 2.85. The summed E-state index contributed by atoms with van der Waals surface area (Å²) in [7, 11) is 0. The Hall–Kier alpha value is -1.55. The Morgan fingerprint density at radius 3 is 2.81 bits per heavy atom. The van der Waals surface area contributed by atoms with Crippen molar-refractivity contribution in [2.24, 2.45) is 5.73 Å². The van der Waals surface area contributed by atoms with E-state index in [4.69, 9.17) is 15.2 Å². The van der Waals surface area contributed by atoms with Gasteiger partial charge in [0.25, 0.3) is 0 Å². The molecular weight excluding hydrogens is 206 g/mol. The van der Waals surface area contributed by atoms with Crippen molar-refractivity contribution in [1.82, 2.24) is 0 Å². The van der Waals surface area contributed by atoms with Crippen LogP contribution in [-0.2, 0) is 4.74 Å². The first-order valence-electron chi connectivity index (χ1n) is 5.29. The summed E-state index contributed by atoms with van der Waals surface area (Å²) in [5.41, 5.74) is 6.75. The van der Waals surface area contributed by atoms with Gasteiger partial charge in [0.2, 0.25) is 0 Å². The van der Waals surface area contributed by atoms with Gasteiger partial charge < -0.3 is 15.2 Å². The lowest BCUT2D eigenvalue weighted by atomic mass is 10.1. The number of benzene rings is 1. The standard InChI is InChI=1S/C12H17NO3/c1-3-15-12(14)11-8-10(16-7-6-13)5-4-9(11)2/h4-5,8H,3,6-7,13H2,1-2H3. The molecule has 16 heavy (non-hydrogen) atoms. The Kier molecular flexibility index (Phi) is 4.79. The lowest BCUT2D eigenvalue weighted by Gasteiger charge is -2.09. The van der Waals surface area contributed by atoms with Crippen LogP contribution >= 0.6 is 0 Å². The van der Waals surface area contributed by atoms with Crippen LogP contribution in [0.2, 0.25) is 0 Å². The van der Waals surface area contributed by atoms with Gasteiger partial charge in [-0.15, -0.1) is 0 Å². The highest BCUT2D eigenvalue weighted by molar-refractivity contribution is 5.91. The summed E-state index contributed by atoms with van der Waals surface area (Å²) in [5.74, 6) is 0.317. The smallest absolute Gasteiger partial charge is 0.338 e. The highest BCUT2D eigenvalue weighted by Crippen LogP contribution is 2.18. The lowest BCUT2D eigenvalue weighted by Crippen LogP contribution is -2.11. The average molecular weight is 223 g/mol. The number of hydrogen-bond donors (Lipinski definition) is 1. The lowest BCUT2D eigenvalue weighted by molar-refractivity contribution is 0.0525. The highest BCUT2D eigenvalue weighted by atomic mass is 16.5. The number of ether oxygens (including phenoxy) is 2. The summed E-state index contributed by atoms with van der Waals surface area (Å²) >= 11 is 0. The van der Waals surface area contributed by atoms with Crippen molar-refractivity contribution in [3.8, 4) is 5.75 Å². The number of esters is 1. The van der Waals surface area contributed by atoms with Crippen LogP contribution in [-0.4, -0.2) is 25.7 Å². The first kappa shape index (κ1) is 12.5. The van der Waals surface area contributed by atoms with Gasteiger partial charge in [0.15, 0.2) is 0 Å². The molecule has 0 aliphatic rings. The zero-order valence-corrected chi connectivity index (χ0v) is 9.66. The molecule has 0 amide bonds. The van der Waals surface area contributed by atoms with Crippen LogP contribution in [0, 0.1) is 6.92 Å². The maximum atomic E-state index is 11.6. The third-order valence-corrected chi connectivity index (χ3v) is 2.09. The molecule has 1 rings (SSSR count). The highest BCUT2D eigenvalue weighted by Gasteiger charge is 2.10. The minimum absolute atomic E-state index is 0.321. The molecule has 0 saturated heterocycles. The van der Waals surface area contributed by atoms with Crippen LogP contribution in [0.25, 0.3) is 0 Å². The average Bonchev–Trinajstić information content (AvgIpc) is 2.28. The fourth-order valence-electron chi connectivity index (χ4n) is 1.30. The number of hydrogen-bond acceptors (Lipinski definition) is 4. The third-order valence-electron chi connectivity index (χ3n) is 2.09. The van der Waals surface area contributed by atoms with E-state index >= 15 is 0 Å². The Morgan fingerprint density at radius 2 is 2.19 bits per heavy atom. The van der Waals surface area contributed by atoms with E-state index in [9.17, 15) is 4.79 Å². The Labute approximate surface area is 95.3 Å². The molecule has 4 heteroatoms. The summed E-state index contributed by atoms with van der Waals surface area (Å²) in [6.07, 6.45) is 0. The molecule has 4 nitrogen and oxygen atoms in total. The molecular formula is C12H17NO3. The summed E-state index contributed by atoms with van der Waals surface area (Å²) < 4.78 is 10.3. The Morgan fingerprint density at radius 1 is 1.44 bits per heavy atom. The largest absolute Gasteiger partial charge is 0.492 e. The molecule has 1 aromatic carbocycles. The van der Waals surface area contributed by atoms with Crippen molar-refractivity contribution in [2.75, 3.05) is 19.8 Å². The molecule has 0 aromatic heterocycles. The second kappa shape index (κ2) is 6.12. The minimum atomic E-state index is -0.321. The van der Waals surface area contributed by atoms with E-state index in [2.05, 4.69) is 0 Å². The predicted octanol–water partition coefficient (Wildman–Crippen LogP) is 1.51. The van der Waals surface area contributed by atoms with Gasteiger partial charge in [-0.25, -0.2) is 4.79 Å². The van der Waals surface area contributed by atoms with Gasteiger partial charge in [0, 0.05) is 6.54 Å². The zero-order chi connectivity index (χ0) is 12.0. The van der Waals surface area contributed by atoms with Crippen LogP contribution in [0.5, 0.6) is 5.75 Å². The van der Waals surface area contributed by atoms with E-state index in [1.807, 2.05) is 19.1 Å². The van der Waals surface area contributed by atoms with Crippen LogP contribution < -0.4 is 10.5 Å². The normalized spacial score (nSPS) is 9.94. The predicted molar refractivity (Wildman–Crippen MR) is 61.7 cm³/mol. The Bertz CT molecular complexity index is 363. The van der Waals surface area contributed by atoms with Crippen molar-refractivity contribution in [3.63, 3.8) is 0 Å². The van der Waals surface area contributed by atoms with E-state index in [0.29, 0.717) is 31.1 Å². The molecule has 0 fully saturated rings. The first-order valence-corrected chi connectivity index (χ1v) is 5.29. The number of rotatable bonds is 5. The fourth-order valence-corrected chi connectivity index (χ4v) is 1.30. The summed E-state index contributed by atoms with van der Waals surface area (Å²) in [6.45, 7) is 4.89. The summed E-state index contributed by atoms with van der Waals surface area (Å²) in [5, 5.41) is 0. The molecule has 0 radical (unpaired) electrons.